The topological polar surface area (TPSA) is 78.9 Å². The molecule has 0 radical (unpaired) electrons. The molecule has 0 aromatic rings. The Morgan fingerprint density at radius 2 is 1.36 bits per heavy atom. The largest absolute Gasteiger partial charge is 0.466 e. The van der Waals surface area contributed by atoms with Crippen LogP contribution in [0.2, 0.25) is 0 Å². The average Bonchev–Trinajstić information content (AvgIpc) is 2.65. The van der Waals surface area contributed by atoms with Crippen molar-refractivity contribution in [2.75, 3.05) is 20.3 Å². The van der Waals surface area contributed by atoms with Gasteiger partial charge in [0.25, 0.3) is 0 Å². The Bertz CT molecular complexity index is 540. The first-order valence-corrected chi connectivity index (χ1v) is 9.84. The molecule has 1 aliphatic rings. The number of methoxy groups -OCH3 is 1. The molecule has 0 spiro atoms. The highest BCUT2D eigenvalue weighted by Crippen LogP contribution is 2.18. The molecule has 0 unspecified atom stereocenters. The molecule has 6 heteroatoms. The summed E-state index contributed by atoms with van der Waals surface area (Å²) >= 11 is 0. The number of hydrogen-bond acceptors (Lipinski definition) is 6. The fourth-order valence-corrected chi connectivity index (χ4v) is 2.06. The maximum absolute atomic E-state index is 11.5. The summed E-state index contributed by atoms with van der Waals surface area (Å²) in [5, 5.41) is 0. The van der Waals surface area contributed by atoms with Gasteiger partial charge < -0.3 is 14.2 Å². The van der Waals surface area contributed by atoms with Gasteiger partial charge >= 0.3 is 17.9 Å². The summed E-state index contributed by atoms with van der Waals surface area (Å²) in [6, 6.07) is 0. The maximum Gasteiger partial charge on any atom is 0.333 e. The van der Waals surface area contributed by atoms with Gasteiger partial charge in [-0.3, -0.25) is 0 Å². The number of carbonyl (C=O) groups is 3. The van der Waals surface area contributed by atoms with Crippen molar-refractivity contribution in [2.24, 2.45) is 0 Å². The predicted molar refractivity (Wildman–Crippen MR) is 109 cm³/mol. The van der Waals surface area contributed by atoms with Gasteiger partial charge in [0.15, 0.2) is 0 Å². The van der Waals surface area contributed by atoms with Gasteiger partial charge in [0.2, 0.25) is 0 Å². The minimum Gasteiger partial charge on any atom is -0.466 e. The first kappa shape index (κ1) is 25.6. The van der Waals surface area contributed by atoms with Crippen LogP contribution in [0.3, 0.4) is 0 Å². The van der Waals surface area contributed by atoms with E-state index in [9.17, 15) is 14.4 Å². The molecule has 0 aromatic carbocycles. The Labute approximate surface area is 168 Å². The van der Waals surface area contributed by atoms with Crippen LogP contribution in [-0.2, 0) is 28.6 Å². The molecule has 1 aliphatic carbocycles. The number of rotatable bonds is 12. The molecule has 0 atom stereocenters. The molecule has 0 saturated heterocycles. The number of ether oxygens (including phenoxy) is 3. The zero-order chi connectivity index (χ0) is 21.4. The van der Waals surface area contributed by atoms with Gasteiger partial charge in [-0.05, 0) is 38.5 Å². The van der Waals surface area contributed by atoms with E-state index in [1.807, 2.05) is 19.9 Å². The molecule has 6 nitrogen and oxygen atoms in total. The molecular weight excluding hydrogens is 360 g/mol. The van der Waals surface area contributed by atoms with Crippen LogP contribution in [-0.4, -0.2) is 38.2 Å². The smallest absolute Gasteiger partial charge is 0.333 e. The highest BCUT2D eigenvalue weighted by molar-refractivity contribution is 5.89. The summed E-state index contributed by atoms with van der Waals surface area (Å²) in [7, 11) is 1.40. The van der Waals surface area contributed by atoms with Crippen LogP contribution in [0.25, 0.3) is 0 Å². The fraction of sp³-hybridized carbons (Fsp3) is 0.591. The van der Waals surface area contributed by atoms with Crippen molar-refractivity contribution in [1.29, 1.82) is 0 Å². The van der Waals surface area contributed by atoms with Gasteiger partial charge in [0.05, 0.1) is 7.11 Å². The van der Waals surface area contributed by atoms with Gasteiger partial charge in [0.1, 0.15) is 13.2 Å². The lowest BCUT2D eigenvalue weighted by Crippen LogP contribution is -2.15. The van der Waals surface area contributed by atoms with E-state index in [2.05, 4.69) is 17.9 Å². The molecule has 0 aromatic heterocycles. The van der Waals surface area contributed by atoms with Crippen LogP contribution < -0.4 is 0 Å². The third-order valence-electron chi connectivity index (χ3n) is 4.04. The Balaban J connectivity index is 0.000000749. The summed E-state index contributed by atoms with van der Waals surface area (Å²) in [4.78, 5) is 33.5. The first-order chi connectivity index (χ1) is 13.4. The second kappa shape index (κ2) is 15.7. The summed E-state index contributed by atoms with van der Waals surface area (Å²) in [6.07, 6.45) is 8.95. The van der Waals surface area contributed by atoms with E-state index in [-0.39, 0.29) is 19.2 Å². The van der Waals surface area contributed by atoms with Crippen molar-refractivity contribution in [3.63, 3.8) is 0 Å². The molecule has 1 rings (SSSR count). The van der Waals surface area contributed by atoms with Gasteiger partial charge in [-0.25, -0.2) is 14.4 Å². The minimum atomic E-state index is -0.417. The summed E-state index contributed by atoms with van der Waals surface area (Å²) < 4.78 is 14.4. The van der Waals surface area contributed by atoms with Crippen molar-refractivity contribution in [3.8, 4) is 0 Å². The van der Waals surface area contributed by atoms with E-state index in [4.69, 9.17) is 9.47 Å². The third-order valence-corrected chi connectivity index (χ3v) is 4.04. The van der Waals surface area contributed by atoms with Gasteiger partial charge in [-0.1, -0.05) is 45.9 Å². The second-order valence-electron chi connectivity index (χ2n) is 6.45. The Morgan fingerprint density at radius 1 is 0.929 bits per heavy atom. The van der Waals surface area contributed by atoms with Crippen LogP contribution in [0.1, 0.15) is 65.2 Å². The number of carbonyl (C=O) groups excluding carboxylic acids is 3. The lowest BCUT2D eigenvalue weighted by atomic mass is 10.00. The van der Waals surface area contributed by atoms with E-state index in [1.54, 1.807) is 0 Å². The zero-order valence-electron chi connectivity index (χ0n) is 17.5. The van der Waals surface area contributed by atoms with E-state index < -0.39 is 11.9 Å². The van der Waals surface area contributed by atoms with Crippen LogP contribution in [0.5, 0.6) is 0 Å². The number of esters is 3. The highest BCUT2D eigenvalue weighted by Gasteiger charge is 2.13. The van der Waals surface area contributed by atoms with Gasteiger partial charge in [0, 0.05) is 16.7 Å². The fourth-order valence-electron chi connectivity index (χ4n) is 2.06. The summed E-state index contributed by atoms with van der Waals surface area (Å²) in [5.74, 6) is -1.00. The molecule has 0 aliphatic heterocycles. The number of allylic oxidation sites excluding steroid dienone is 1. The van der Waals surface area contributed by atoms with Crippen molar-refractivity contribution < 1.29 is 28.6 Å². The van der Waals surface area contributed by atoms with Crippen LogP contribution in [0.4, 0.5) is 0 Å². The molecular formula is C22H34O6. The Morgan fingerprint density at radius 3 is 1.61 bits per heavy atom. The maximum atomic E-state index is 11.5. The van der Waals surface area contributed by atoms with Crippen LogP contribution in [0.15, 0.2) is 36.0 Å². The molecule has 0 fully saturated rings. The first-order valence-electron chi connectivity index (χ1n) is 9.84. The third kappa shape index (κ3) is 11.4. The molecule has 0 amide bonds. The highest BCUT2D eigenvalue weighted by atomic mass is 16.6. The monoisotopic (exact) mass is 394 g/mol. The summed E-state index contributed by atoms with van der Waals surface area (Å²) in [6.45, 7) is 11.5. The predicted octanol–water partition coefficient (Wildman–Crippen LogP) is 4.45. The Kier molecular flexibility index (Phi) is 14.3. The summed E-state index contributed by atoms with van der Waals surface area (Å²) in [5.41, 5.74) is 1.75. The van der Waals surface area contributed by atoms with E-state index in [0.717, 1.165) is 44.1 Å². The van der Waals surface area contributed by atoms with Crippen LogP contribution in [0, 0.1) is 0 Å². The zero-order valence-corrected chi connectivity index (χ0v) is 17.5. The normalized spacial score (nSPS) is 11.8. The lowest BCUT2D eigenvalue weighted by molar-refractivity contribution is -0.147. The molecule has 158 valence electrons. The molecule has 0 saturated carbocycles. The average molecular weight is 395 g/mol. The number of hydrogen-bond donors (Lipinski definition) is 0. The molecule has 0 N–H and O–H groups in total. The van der Waals surface area contributed by atoms with Crippen LogP contribution >= 0.6 is 0 Å². The minimum absolute atomic E-state index is 0.0524. The van der Waals surface area contributed by atoms with Crippen molar-refractivity contribution in [3.05, 3.63) is 36.0 Å². The van der Waals surface area contributed by atoms with E-state index >= 15 is 0 Å². The van der Waals surface area contributed by atoms with E-state index in [0.29, 0.717) is 24.0 Å². The van der Waals surface area contributed by atoms with Crippen molar-refractivity contribution in [2.45, 2.75) is 65.2 Å². The molecule has 28 heavy (non-hydrogen) atoms. The Hall–Kier alpha value is -2.37. The standard InChI is InChI=1S/C16H26O4.C6H8O2/c1-5-7-9-13(3)15(17)19-11-12-20-16(18)14(4)10-8-6-2;1-8-6(7)5-3-2-4-5/h3-12H2,1-2H3;3H,2,4H2,1H3. The lowest BCUT2D eigenvalue weighted by Gasteiger charge is -2.09. The van der Waals surface area contributed by atoms with Gasteiger partial charge in [-0.15, -0.1) is 0 Å². The van der Waals surface area contributed by atoms with Gasteiger partial charge in [-0.2, -0.15) is 0 Å². The van der Waals surface area contributed by atoms with Crippen molar-refractivity contribution >= 4 is 17.9 Å². The van der Waals surface area contributed by atoms with E-state index in [1.165, 1.54) is 7.11 Å². The quantitative estimate of drug-likeness (QED) is 0.211. The molecule has 0 bridgehead atoms. The SMILES string of the molecule is C=C(CCCC)C(=O)OCCOC(=O)C(=C)CCCC.COC(=O)C1=CCC1. The second-order valence-corrected chi connectivity index (χ2v) is 6.45. The molecule has 0 heterocycles. The van der Waals surface area contributed by atoms with Crippen molar-refractivity contribution in [1.82, 2.24) is 0 Å². The number of unbranched alkanes of at least 4 members (excludes halogenated alkanes) is 2.